The smallest absolute Gasteiger partial charge is 0.243 e. The Morgan fingerprint density at radius 2 is 2.06 bits per heavy atom. The van der Waals surface area contributed by atoms with Gasteiger partial charge in [-0.3, -0.25) is 4.79 Å². The number of nitrogens with one attached hydrogen (secondary N) is 1. The average Bonchev–Trinajstić information content (AvgIpc) is 2.25. The largest absolute Gasteiger partial charge is 0.396 e. The van der Waals surface area contributed by atoms with E-state index in [2.05, 4.69) is 19.2 Å². The van der Waals surface area contributed by atoms with Gasteiger partial charge in [-0.25, -0.2) is 0 Å². The van der Waals surface area contributed by atoms with Crippen LogP contribution in [0.15, 0.2) is 24.3 Å². The van der Waals surface area contributed by atoms with Gasteiger partial charge in [0.15, 0.2) is 0 Å². The normalized spacial score (nSPS) is 11.8. The highest BCUT2D eigenvalue weighted by molar-refractivity contribution is 5.87. The molecule has 2 N–H and O–H groups in total. The molecule has 0 aromatic carbocycles. The monoisotopic (exact) mass is 225 g/mol. The molecule has 0 unspecified atom stereocenters. The minimum Gasteiger partial charge on any atom is -0.396 e. The first-order chi connectivity index (χ1) is 7.66. The van der Waals surface area contributed by atoms with Crippen molar-refractivity contribution in [3.8, 4) is 0 Å². The third-order valence-electron chi connectivity index (χ3n) is 1.96. The summed E-state index contributed by atoms with van der Waals surface area (Å²) >= 11 is 0. The van der Waals surface area contributed by atoms with E-state index in [-0.39, 0.29) is 12.5 Å². The number of hydrogen-bond donors (Lipinski definition) is 2. The quantitative estimate of drug-likeness (QED) is 0.377. The lowest BCUT2D eigenvalue weighted by Gasteiger charge is -2.03. The molecule has 0 spiro atoms. The van der Waals surface area contributed by atoms with Gasteiger partial charge in [0.25, 0.3) is 0 Å². The Kier molecular flexibility index (Phi) is 9.72. The Balaban J connectivity index is 3.54. The van der Waals surface area contributed by atoms with E-state index in [0.29, 0.717) is 12.5 Å². The standard InChI is InChI=1S/C13H23NO2/c1-12(2)11-14-13(16)9-7-5-3-4-6-8-10-15/h3,5,7,9,12,15H,4,6,8,10-11H2,1-2H3,(H,14,16). The van der Waals surface area contributed by atoms with Crippen molar-refractivity contribution in [3.63, 3.8) is 0 Å². The first kappa shape index (κ1) is 14.9. The first-order valence-corrected chi connectivity index (χ1v) is 5.88. The molecule has 0 aliphatic rings. The number of allylic oxidation sites excluding steroid dienone is 3. The van der Waals surface area contributed by atoms with Crippen molar-refractivity contribution in [2.75, 3.05) is 13.2 Å². The molecular weight excluding hydrogens is 202 g/mol. The Morgan fingerprint density at radius 1 is 1.31 bits per heavy atom. The molecule has 0 aliphatic carbocycles. The Morgan fingerprint density at radius 3 is 2.69 bits per heavy atom. The second-order valence-electron chi connectivity index (χ2n) is 4.15. The fraction of sp³-hybridized carbons (Fsp3) is 0.615. The van der Waals surface area contributed by atoms with Gasteiger partial charge < -0.3 is 10.4 Å². The molecule has 0 aromatic rings. The molecule has 0 saturated carbocycles. The molecule has 1 amide bonds. The third-order valence-corrected chi connectivity index (χ3v) is 1.96. The van der Waals surface area contributed by atoms with Crippen molar-refractivity contribution in [1.29, 1.82) is 0 Å². The molecule has 0 aromatic heterocycles. The molecule has 3 nitrogen and oxygen atoms in total. The predicted octanol–water partition coefficient (Wildman–Crippen LogP) is 2.03. The van der Waals surface area contributed by atoms with E-state index in [1.165, 1.54) is 6.08 Å². The molecule has 0 heterocycles. The van der Waals surface area contributed by atoms with E-state index in [1.807, 2.05) is 12.2 Å². The van der Waals surface area contributed by atoms with Gasteiger partial charge in [-0.15, -0.1) is 0 Å². The number of unbranched alkanes of at least 4 members (excludes halogenated alkanes) is 2. The summed E-state index contributed by atoms with van der Waals surface area (Å²) in [5.74, 6) is 0.431. The van der Waals surface area contributed by atoms with Crippen LogP contribution in [0.4, 0.5) is 0 Å². The summed E-state index contributed by atoms with van der Waals surface area (Å²) in [6, 6.07) is 0. The zero-order valence-electron chi connectivity index (χ0n) is 10.3. The SMILES string of the molecule is CC(C)CNC(=O)C=CC=CCCCCO. The summed E-state index contributed by atoms with van der Waals surface area (Å²) in [5.41, 5.74) is 0. The minimum atomic E-state index is -0.0475. The van der Waals surface area contributed by atoms with Gasteiger partial charge in [-0.05, 0) is 25.2 Å². The zero-order valence-corrected chi connectivity index (χ0v) is 10.3. The Hall–Kier alpha value is -1.09. The summed E-state index contributed by atoms with van der Waals surface area (Å²) in [4.78, 5) is 11.2. The van der Waals surface area contributed by atoms with Crippen molar-refractivity contribution < 1.29 is 9.90 Å². The highest BCUT2D eigenvalue weighted by atomic mass is 16.2. The Labute approximate surface area is 98.2 Å². The summed E-state index contributed by atoms with van der Waals surface area (Å²) in [5, 5.41) is 11.4. The van der Waals surface area contributed by atoms with Crippen molar-refractivity contribution in [3.05, 3.63) is 24.3 Å². The Bertz CT molecular complexity index is 232. The van der Waals surface area contributed by atoms with Gasteiger partial charge in [-0.2, -0.15) is 0 Å². The number of carbonyl (C=O) groups excluding carboxylic acids is 1. The van der Waals surface area contributed by atoms with Crippen molar-refractivity contribution in [2.45, 2.75) is 33.1 Å². The number of aliphatic hydroxyl groups is 1. The van der Waals surface area contributed by atoms with Crippen LogP contribution in [0, 0.1) is 5.92 Å². The van der Waals surface area contributed by atoms with Crippen LogP contribution in [0.5, 0.6) is 0 Å². The van der Waals surface area contributed by atoms with E-state index < -0.39 is 0 Å². The van der Waals surface area contributed by atoms with Crippen LogP contribution in [0.1, 0.15) is 33.1 Å². The zero-order chi connectivity index (χ0) is 12.2. The highest BCUT2D eigenvalue weighted by Gasteiger charge is 1.95. The fourth-order valence-corrected chi connectivity index (χ4v) is 1.06. The maximum atomic E-state index is 11.2. The van der Waals surface area contributed by atoms with Crippen LogP contribution in [-0.4, -0.2) is 24.2 Å². The van der Waals surface area contributed by atoms with E-state index in [0.717, 1.165) is 19.3 Å². The lowest BCUT2D eigenvalue weighted by atomic mass is 10.2. The maximum absolute atomic E-state index is 11.2. The summed E-state index contributed by atoms with van der Waals surface area (Å²) < 4.78 is 0. The highest BCUT2D eigenvalue weighted by Crippen LogP contribution is 1.95. The van der Waals surface area contributed by atoms with Crippen LogP contribution < -0.4 is 5.32 Å². The second kappa shape index (κ2) is 10.4. The lowest BCUT2D eigenvalue weighted by Crippen LogP contribution is -2.25. The average molecular weight is 225 g/mol. The third kappa shape index (κ3) is 11.0. The van der Waals surface area contributed by atoms with Gasteiger partial charge in [0.1, 0.15) is 0 Å². The van der Waals surface area contributed by atoms with Gasteiger partial charge in [0.05, 0.1) is 0 Å². The molecule has 0 rings (SSSR count). The fourth-order valence-electron chi connectivity index (χ4n) is 1.06. The molecule has 0 radical (unpaired) electrons. The van der Waals surface area contributed by atoms with Crippen LogP contribution in [0.3, 0.4) is 0 Å². The molecule has 16 heavy (non-hydrogen) atoms. The molecule has 92 valence electrons. The maximum Gasteiger partial charge on any atom is 0.243 e. The summed E-state index contributed by atoms with van der Waals surface area (Å²) in [6.45, 7) is 5.08. The van der Waals surface area contributed by atoms with Gasteiger partial charge in [0.2, 0.25) is 5.91 Å². The van der Waals surface area contributed by atoms with E-state index in [4.69, 9.17) is 5.11 Å². The van der Waals surface area contributed by atoms with Crippen molar-refractivity contribution in [2.24, 2.45) is 5.92 Å². The summed E-state index contributed by atoms with van der Waals surface area (Å²) in [6.07, 6.45) is 9.91. The molecule has 0 fully saturated rings. The van der Waals surface area contributed by atoms with Gasteiger partial charge >= 0.3 is 0 Å². The molecule has 3 heteroatoms. The lowest BCUT2D eigenvalue weighted by molar-refractivity contribution is -0.116. The molecule has 0 aliphatic heterocycles. The van der Waals surface area contributed by atoms with Gasteiger partial charge in [-0.1, -0.05) is 32.1 Å². The first-order valence-electron chi connectivity index (χ1n) is 5.88. The number of amides is 1. The minimum absolute atomic E-state index is 0.0475. The van der Waals surface area contributed by atoms with E-state index in [9.17, 15) is 4.79 Å². The van der Waals surface area contributed by atoms with Crippen LogP contribution in [-0.2, 0) is 4.79 Å². The van der Waals surface area contributed by atoms with Gasteiger partial charge in [0, 0.05) is 19.2 Å². The number of carbonyl (C=O) groups is 1. The molecule has 0 atom stereocenters. The molecule has 0 saturated heterocycles. The second-order valence-corrected chi connectivity index (χ2v) is 4.15. The van der Waals surface area contributed by atoms with Crippen molar-refractivity contribution in [1.82, 2.24) is 5.32 Å². The number of aliphatic hydroxyl groups excluding tert-OH is 1. The summed E-state index contributed by atoms with van der Waals surface area (Å²) in [7, 11) is 0. The topological polar surface area (TPSA) is 49.3 Å². The molecular formula is C13H23NO2. The van der Waals surface area contributed by atoms with E-state index in [1.54, 1.807) is 6.08 Å². The predicted molar refractivity (Wildman–Crippen MR) is 67.1 cm³/mol. The molecule has 0 bridgehead atoms. The van der Waals surface area contributed by atoms with Crippen molar-refractivity contribution >= 4 is 5.91 Å². The van der Waals surface area contributed by atoms with Crippen LogP contribution in [0.2, 0.25) is 0 Å². The van der Waals surface area contributed by atoms with Crippen LogP contribution >= 0.6 is 0 Å². The number of rotatable bonds is 8. The number of hydrogen-bond acceptors (Lipinski definition) is 2. The van der Waals surface area contributed by atoms with E-state index >= 15 is 0 Å². The van der Waals surface area contributed by atoms with Crippen LogP contribution in [0.25, 0.3) is 0 Å².